The first kappa shape index (κ1) is 11.6. The smallest absolute Gasteiger partial charge is 0.254 e. The van der Waals surface area contributed by atoms with E-state index in [1.54, 1.807) is 6.07 Å². The number of benzene rings is 1. The Morgan fingerprint density at radius 2 is 2.18 bits per heavy atom. The van der Waals surface area contributed by atoms with Gasteiger partial charge < -0.3 is 4.90 Å². The van der Waals surface area contributed by atoms with Crippen LogP contribution in [-0.2, 0) is 11.2 Å². The number of carbonyl (C=O) groups is 2. The zero-order chi connectivity index (χ0) is 12.3. The molecule has 0 fully saturated rings. The third-order valence-corrected chi connectivity index (χ3v) is 2.90. The van der Waals surface area contributed by atoms with Crippen molar-refractivity contribution in [1.29, 1.82) is 0 Å². The molecule has 5 heteroatoms. The lowest BCUT2D eigenvalue weighted by atomic mass is 10.0. The van der Waals surface area contributed by atoms with Gasteiger partial charge in [0.15, 0.2) is 0 Å². The van der Waals surface area contributed by atoms with Crippen LogP contribution < -0.4 is 11.3 Å². The Kier molecular flexibility index (Phi) is 3.39. The minimum atomic E-state index is -0.349. The van der Waals surface area contributed by atoms with Gasteiger partial charge in [0.2, 0.25) is 0 Å². The fourth-order valence-corrected chi connectivity index (χ4v) is 2.05. The van der Waals surface area contributed by atoms with Gasteiger partial charge in [-0.25, -0.2) is 5.84 Å². The zero-order valence-corrected chi connectivity index (χ0v) is 9.48. The van der Waals surface area contributed by atoms with Gasteiger partial charge in [-0.15, -0.1) is 0 Å². The lowest BCUT2D eigenvalue weighted by molar-refractivity contribution is -0.121. The standard InChI is InChI=1S/C12H15N3O2/c13-14-11(16)8-15-7-3-5-9-4-1-2-6-10(9)12(15)17/h1-2,4,6H,3,5,7-8,13H2,(H,14,16). The van der Waals surface area contributed by atoms with Crippen LogP contribution in [0.1, 0.15) is 22.3 Å². The van der Waals surface area contributed by atoms with Crippen molar-refractivity contribution in [2.75, 3.05) is 13.1 Å². The normalized spacial score (nSPS) is 15.1. The molecule has 5 nitrogen and oxygen atoms in total. The molecule has 0 saturated heterocycles. The zero-order valence-electron chi connectivity index (χ0n) is 9.48. The fourth-order valence-electron chi connectivity index (χ4n) is 2.05. The van der Waals surface area contributed by atoms with Gasteiger partial charge in [0.25, 0.3) is 11.8 Å². The van der Waals surface area contributed by atoms with Crippen molar-refractivity contribution in [2.24, 2.45) is 5.84 Å². The molecule has 0 unspecified atom stereocenters. The van der Waals surface area contributed by atoms with Gasteiger partial charge in [-0.2, -0.15) is 0 Å². The van der Waals surface area contributed by atoms with Gasteiger partial charge in [-0.1, -0.05) is 18.2 Å². The molecule has 1 heterocycles. The van der Waals surface area contributed by atoms with Crippen molar-refractivity contribution in [1.82, 2.24) is 10.3 Å². The summed E-state index contributed by atoms with van der Waals surface area (Å²) in [4.78, 5) is 24.9. The van der Waals surface area contributed by atoms with Crippen molar-refractivity contribution in [3.63, 3.8) is 0 Å². The van der Waals surface area contributed by atoms with Crippen molar-refractivity contribution in [3.05, 3.63) is 35.4 Å². The van der Waals surface area contributed by atoms with E-state index in [1.165, 1.54) is 4.90 Å². The number of aryl methyl sites for hydroxylation is 1. The average Bonchev–Trinajstić information content (AvgIpc) is 2.51. The van der Waals surface area contributed by atoms with E-state index >= 15 is 0 Å². The van der Waals surface area contributed by atoms with Crippen molar-refractivity contribution < 1.29 is 9.59 Å². The summed E-state index contributed by atoms with van der Waals surface area (Å²) in [5.74, 6) is 4.59. The van der Waals surface area contributed by atoms with Crippen LogP contribution in [0.25, 0.3) is 0 Å². The summed E-state index contributed by atoms with van der Waals surface area (Å²) in [7, 11) is 0. The number of carbonyl (C=O) groups excluding carboxylic acids is 2. The van der Waals surface area contributed by atoms with Gasteiger partial charge >= 0.3 is 0 Å². The highest BCUT2D eigenvalue weighted by atomic mass is 16.2. The molecule has 0 aromatic heterocycles. The van der Waals surface area contributed by atoms with Gasteiger partial charge in [0.05, 0.1) is 0 Å². The van der Waals surface area contributed by atoms with Gasteiger partial charge in [0, 0.05) is 12.1 Å². The number of hydrogen-bond donors (Lipinski definition) is 2. The largest absolute Gasteiger partial charge is 0.329 e. The minimum absolute atomic E-state index is 0.0175. The molecule has 0 radical (unpaired) electrons. The van der Waals surface area contributed by atoms with E-state index in [0.717, 1.165) is 18.4 Å². The summed E-state index contributed by atoms with van der Waals surface area (Å²) < 4.78 is 0. The highest BCUT2D eigenvalue weighted by molar-refractivity contribution is 5.98. The molecule has 0 spiro atoms. The molecule has 0 saturated carbocycles. The minimum Gasteiger partial charge on any atom is -0.329 e. The number of hydrogen-bond acceptors (Lipinski definition) is 3. The van der Waals surface area contributed by atoms with E-state index in [1.807, 2.05) is 23.6 Å². The van der Waals surface area contributed by atoms with E-state index < -0.39 is 0 Å². The van der Waals surface area contributed by atoms with E-state index in [9.17, 15) is 9.59 Å². The molecule has 90 valence electrons. The Hall–Kier alpha value is -1.88. The second-order valence-electron chi connectivity index (χ2n) is 4.05. The Labute approximate surface area is 99.6 Å². The summed E-state index contributed by atoms with van der Waals surface area (Å²) in [6.07, 6.45) is 1.73. The van der Waals surface area contributed by atoms with E-state index in [-0.39, 0.29) is 18.4 Å². The van der Waals surface area contributed by atoms with Gasteiger partial charge in [-0.3, -0.25) is 15.0 Å². The second kappa shape index (κ2) is 4.97. The van der Waals surface area contributed by atoms with Crippen molar-refractivity contribution in [2.45, 2.75) is 12.8 Å². The van der Waals surface area contributed by atoms with Crippen LogP contribution in [0.15, 0.2) is 24.3 Å². The summed E-state index contributed by atoms with van der Waals surface area (Å²) in [6, 6.07) is 7.52. The monoisotopic (exact) mass is 233 g/mol. The number of nitrogens with two attached hydrogens (primary N) is 1. The molecule has 2 rings (SSSR count). The predicted molar refractivity (Wildman–Crippen MR) is 63.0 cm³/mol. The van der Waals surface area contributed by atoms with Crippen molar-refractivity contribution in [3.8, 4) is 0 Å². The molecule has 0 atom stereocenters. The lowest BCUT2D eigenvalue weighted by Crippen LogP contribution is -2.43. The van der Waals surface area contributed by atoms with E-state index in [0.29, 0.717) is 12.1 Å². The molecule has 3 N–H and O–H groups in total. The Morgan fingerprint density at radius 1 is 1.41 bits per heavy atom. The van der Waals surface area contributed by atoms with Crippen LogP contribution in [0.3, 0.4) is 0 Å². The number of rotatable bonds is 2. The average molecular weight is 233 g/mol. The Morgan fingerprint density at radius 3 is 2.94 bits per heavy atom. The highest BCUT2D eigenvalue weighted by Crippen LogP contribution is 2.18. The van der Waals surface area contributed by atoms with Crippen molar-refractivity contribution >= 4 is 11.8 Å². The summed E-state index contributed by atoms with van der Waals surface area (Å²) in [6.45, 7) is 0.602. The molecular formula is C12H15N3O2. The molecule has 1 aromatic rings. The van der Waals surface area contributed by atoms with Gasteiger partial charge in [-0.05, 0) is 24.5 Å². The van der Waals surface area contributed by atoms with Crippen LogP contribution >= 0.6 is 0 Å². The second-order valence-corrected chi connectivity index (χ2v) is 4.05. The number of hydrazine groups is 1. The summed E-state index contributed by atoms with van der Waals surface area (Å²) in [5.41, 5.74) is 3.78. The third-order valence-electron chi connectivity index (χ3n) is 2.90. The maximum Gasteiger partial charge on any atom is 0.254 e. The summed E-state index contributed by atoms with van der Waals surface area (Å²) in [5, 5.41) is 0. The molecule has 2 amide bonds. The fraction of sp³-hybridized carbons (Fsp3) is 0.333. The number of fused-ring (bicyclic) bond motifs is 1. The maximum absolute atomic E-state index is 12.2. The Balaban J connectivity index is 2.23. The third kappa shape index (κ3) is 2.45. The number of nitrogens with zero attached hydrogens (tertiary/aromatic N) is 1. The summed E-state index contributed by atoms with van der Waals surface area (Å²) >= 11 is 0. The first-order chi connectivity index (χ1) is 8.22. The van der Waals surface area contributed by atoms with Gasteiger partial charge in [0.1, 0.15) is 6.54 Å². The molecule has 17 heavy (non-hydrogen) atoms. The van der Waals surface area contributed by atoms with E-state index in [2.05, 4.69) is 0 Å². The maximum atomic E-state index is 12.2. The molecule has 1 aromatic carbocycles. The SMILES string of the molecule is NNC(=O)CN1CCCc2ccccc2C1=O. The lowest BCUT2D eigenvalue weighted by Gasteiger charge is -2.19. The number of nitrogens with one attached hydrogen (secondary N) is 1. The number of amides is 2. The molecule has 1 aliphatic rings. The predicted octanol–water partition coefficient (Wildman–Crippen LogP) is 0.0649. The van der Waals surface area contributed by atoms with Crippen LogP contribution in [0.5, 0.6) is 0 Å². The molecular weight excluding hydrogens is 218 g/mol. The molecule has 0 bridgehead atoms. The van der Waals surface area contributed by atoms with Crippen LogP contribution in [0, 0.1) is 0 Å². The first-order valence-corrected chi connectivity index (χ1v) is 5.59. The first-order valence-electron chi connectivity index (χ1n) is 5.59. The molecule has 1 aliphatic heterocycles. The highest BCUT2D eigenvalue weighted by Gasteiger charge is 2.23. The quantitative estimate of drug-likeness (QED) is 0.431. The van der Waals surface area contributed by atoms with E-state index in [4.69, 9.17) is 5.84 Å². The van der Waals surface area contributed by atoms with Crippen LogP contribution in [0.2, 0.25) is 0 Å². The van der Waals surface area contributed by atoms with Crippen LogP contribution in [0.4, 0.5) is 0 Å². The van der Waals surface area contributed by atoms with Crippen LogP contribution in [-0.4, -0.2) is 29.8 Å². The Bertz CT molecular complexity index is 445. The topological polar surface area (TPSA) is 75.4 Å². The molecule has 0 aliphatic carbocycles.